The number of carbonyl (C=O) groups is 2. The number of aliphatic imine (C=N–C) groups is 1. The Kier molecular flexibility index (Phi) is 15.6. The maximum Gasteiger partial charge on any atom is 0.343 e. The predicted octanol–water partition coefficient (Wildman–Crippen LogP) is 10.5. The molecule has 7 heteroatoms. The van der Waals surface area contributed by atoms with Crippen LogP contribution in [-0.2, 0) is 4.79 Å². The van der Waals surface area contributed by atoms with Crippen LogP contribution in [0.1, 0.15) is 113 Å². The number of benzene rings is 3. The van der Waals surface area contributed by atoms with Crippen LogP contribution >= 0.6 is 15.9 Å². The van der Waals surface area contributed by atoms with Crippen molar-refractivity contribution in [3.63, 3.8) is 0 Å². The van der Waals surface area contributed by atoms with Crippen molar-refractivity contribution in [3.8, 4) is 17.2 Å². The van der Waals surface area contributed by atoms with Gasteiger partial charge < -0.3 is 14.6 Å². The molecular weight excluding hydrogens is 606 g/mol. The molecule has 6 nitrogen and oxygen atoms in total. The second kappa shape index (κ2) is 19.7. The third kappa shape index (κ3) is 13.6. The summed E-state index contributed by atoms with van der Waals surface area (Å²) in [5.41, 5.74) is 1.54. The highest BCUT2D eigenvalue weighted by atomic mass is 79.9. The summed E-state index contributed by atoms with van der Waals surface area (Å²) in [7, 11) is 0. The Balaban J connectivity index is 1.31. The third-order valence-electron chi connectivity index (χ3n) is 7.20. The van der Waals surface area contributed by atoms with Crippen LogP contribution in [0, 0.1) is 0 Å². The van der Waals surface area contributed by atoms with Gasteiger partial charge in [0.15, 0.2) is 0 Å². The lowest BCUT2D eigenvalue weighted by Gasteiger charge is -2.08. The molecule has 230 valence electrons. The molecule has 0 unspecified atom stereocenters. The van der Waals surface area contributed by atoms with E-state index in [4.69, 9.17) is 9.47 Å². The molecule has 0 aromatic heterocycles. The van der Waals surface area contributed by atoms with Crippen LogP contribution in [0.4, 0.5) is 5.69 Å². The number of hydrogen-bond donors (Lipinski definition) is 1. The van der Waals surface area contributed by atoms with Crippen LogP contribution in [-0.4, -0.2) is 23.3 Å². The molecule has 3 aromatic rings. The van der Waals surface area contributed by atoms with E-state index in [1.54, 1.807) is 42.6 Å². The zero-order valence-electron chi connectivity index (χ0n) is 25.2. The van der Waals surface area contributed by atoms with E-state index in [9.17, 15) is 14.7 Å². The van der Waals surface area contributed by atoms with Gasteiger partial charge >= 0.3 is 11.9 Å². The van der Waals surface area contributed by atoms with Gasteiger partial charge in [-0.05, 0) is 67.1 Å². The van der Waals surface area contributed by atoms with Gasteiger partial charge in [-0.25, -0.2) is 4.79 Å². The molecule has 3 rings (SSSR count). The summed E-state index contributed by atoms with van der Waals surface area (Å²) in [6, 6.07) is 18.3. The fourth-order valence-corrected chi connectivity index (χ4v) is 4.93. The first-order chi connectivity index (χ1) is 20.9. The summed E-state index contributed by atoms with van der Waals surface area (Å²) < 4.78 is 11.8. The van der Waals surface area contributed by atoms with Crippen LogP contribution in [0.3, 0.4) is 0 Å². The molecular formula is C36H44BrNO5. The molecule has 0 aliphatic rings. The van der Waals surface area contributed by atoms with E-state index in [1.807, 2.05) is 24.3 Å². The second-order valence-electron chi connectivity index (χ2n) is 10.8. The van der Waals surface area contributed by atoms with Gasteiger partial charge in [0.2, 0.25) is 0 Å². The van der Waals surface area contributed by atoms with E-state index in [-0.39, 0.29) is 17.5 Å². The van der Waals surface area contributed by atoms with Crippen molar-refractivity contribution >= 4 is 39.8 Å². The number of esters is 2. The zero-order valence-corrected chi connectivity index (χ0v) is 26.8. The lowest BCUT2D eigenvalue weighted by atomic mass is 10.0. The molecule has 0 radical (unpaired) electrons. The molecule has 0 aliphatic carbocycles. The average molecular weight is 651 g/mol. The molecule has 0 saturated heterocycles. The Morgan fingerprint density at radius 2 is 1.28 bits per heavy atom. The van der Waals surface area contributed by atoms with Gasteiger partial charge in [0.1, 0.15) is 17.2 Å². The first kappa shape index (κ1) is 34.0. The molecule has 43 heavy (non-hydrogen) atoms. The number of carbonyl (C=O) groups excluding carboxylic acids is 2. The highest BCUT2D eigenvalue weighted by Gasteiger charge is 2.12. The molecule has 0 aliphatic heterocycles. The molecule has 0 heterocycles. The SMILES string of the molecule is CCCCCCCCCCCCCCCC(=O)Oc1ccc(C(=O)Oc2ccc(C=Nc3ccc(Br)cc3)c(O)c2)cc1. The summed E-state index contributed by atoms with van der Waals surface area (Å²) in [5.74, 6) is -0.310. The summed E-state index contributed by atoms with van der Waals surface area (Å²) in [5, 5.41) is 10.4. The largest absolute Gasteiger partial charge is 0.507 e. The number of unbranched alkanes of at least 4 members (excludes halogenated alkanes) is 12. The molecule has 0 amide bonds. The van der Waals surface area contributed by atoms with Crippen LogP contribution in [0.25, 0.3) is 0 Å². The van der Waals surface area contributed by atoms with E-state index in [1.165, 1.54) is 70.3 Å². The highest BCUT2D eigenvalue weighted by Crippen LogP contribution is 2.25. The predicted molar refractivity (Wildman–Crippen MR) is 177 cm³/mol. The van der Waals surface area contributed by atoms with Gasteiger partial charge in [0.25, 0.3) is 0 Å². The minimum absolute atomic E-state index is 0.0584. The Hall–Kier alpha value is -3.45. The van der Waals surface area contributed by atoms with E-state index in [0.29, 0.717) is 23.3 Å². The average Bonchev–Trinajstić information content (AvgIpc) is 3.00. The third-order valence-corrected chi connectivity index (χ3v) is 7.73. The first-order valence-corrected chi connectivity index (χ1v) is 16.4. The van der Waals surface area contributed by atoms with E-state index in [2.05, 4.69) is 27.8 Å². The van der Waals surface area contributed by atoms with Crippen molar-refractivity contribution in [2.45, 2.75) is 96.8 Å². The van der Waals surface area contributed by atoms with Crippen LogP contribution in [0.2, 0.25) is 0 Å². The lowest BCUT2D eigenvalue weighted by Crippen LogP contribution is -2.10. The number of nitrogens with zero attached hydrogens (tertiary/aromatic N) is 1. The lowest BCUT2D eigenvalue weighted by molar-refractivity contribution is -0.134. The highest BCUT2D eigenvalue weighted by molar-refractivity contribution is 9.10. The van der Waals surface area contributed by atoms with Gasteiger partial charge in [-0.2, -0.15) is 0 Å². The summed E-state index contributed by atoms with van der Waals surface area (Å²) in [6.07, 6.45) is 18.3. The number of halogens is 1. The van der Waals surface area contributed by atoms with E-state index < -0.39 is 5.97 Å². The number of hydrogen-bond acceptors (Lipinski definition) is 6. The summed E-state index contributed by atoms with van der Waals surface area (Å²) in [4.78, 5) is 29.2. The number of phenols is 1. The summed E-state index contributed by atoms with van der Waals surface area (Å²) in [6.45, 7) is 2.25. The number of rotatable bonds is 19. The standard InChI is InChI=1S/C36H44BrNO5/c1-2-3-4-5-6-7-8-9-10-11-12-13-14-15-35(40)42-32-23-16-28(17-24-32)36(41)43-33-25-18-29(34(39)26-33)27-38-31-21-19-30(37)20-22-31/h16-27,39H,2-15H2,1H3. The fraction of sp³-hybridized carbons (Fsp3) is 0.417. The Morgan fingerprint density at radius 1 is 0.721 bits per heavy atom. The zero-order chi connectivity index (χ0) is 30.7. The van der Waals surface area contributed by atoms with Crippen LogP contribution in [0.5, 0.6) is 17.2 Å². The van der Waals surface area contributed by atoms with Crippen molar-refractivity contribution < 1.29 is 24.2 Å². The molecule has 3 aromatic carbocycles. The van der Waals surface area contributed by atoms with E-state index >= 15 is 0 Å². The minimum Gasteiger partial charge on any atom is -0.507 e. The molecule has 0 atom stereocenters. The van der Waals surface area contributed by atoms with Gasteiger partial charge in [0, 0.05) is 28.7 Å². The van der Waals surface area contributed by atoms with Gasteiger partial charge in [-0.1, -0.05) is 99.9 Å². The van der Waals surface area contributed by atoms with E-state index in [0.717, 1.165) is 29.4 Å². The monoisotopic (exact) mass is 649 g/mol. The van der Waals surface area contributed by atoms with Crippen molar-refractivity contribution in [2.75, 3.05) is 0 Å². The maximum atomic E-state index is 12.6. The number of aromatic hydroxyl groups is 1. The van der Waals surface area contributed by atoms with Gasteiger partial charge in [-0.3, -0.25) is 9.79 Å². The maximum absolute atomic E-state index is 12.6. The molecule has 0 spiro atoms. The fourth-order valence-electron chi connectivity index (χ4n) is 4.66. The topological polar surface area (TPSA) is 85.2 Å². The van der Waals surface area contributed by atoms with Crippen molar-refractivity contribution in [3.05, 3.63) is 82.3 Å². The summed E-state index contributed by atoms with van der Waals surface area (Å²) >= 11 is 3.38. The van der Waals surface area contributed by atoms with Crippen molar-refractivity contribution in [1.29, 1.82) is 0 Å². The Bertz CT molecular complexity index is 1290. The smallest absolute Gasteiger partial charge is 0.343 e. The quantitative estimate of drug-likeness (QED) is 0.0604. The normalized spacial score (nSPS) is 11.1. The number of ether oxygens (including phenoxy) is 2. The Labute approximate surface area is 264 Å². The Morgan fingerprint density at radius 3 is 1.86 bits per heavy atom. The van der Waals surface area contributed by atoms with Crippen LogP contribution < -0.4 is 9.47 Å². The minimum atomic E-state index is -0.583. The molecule has 0 bridgehead atoms. The van der Waals surface area contributed by atoms with Crippen molar-refractivity contribution in [2.24, 2.45) is 4.99 Å². The molecule has 0 fully saturated rings. The molecule has 1 N–H and O–H groups in total. The van der Waals surface area contributed by atoms with Crippen LogP contribution in [0.15, 0.2) is 76.2 Å². The van der Waals surface area contributed by atoms with Crippen molar-refractivity contribution in [1.82, 2.24) is 0 Å². The molecule has 0 saturated carbocycles. The van der Waals surface area contributed by atoms with Gasteiger partial charge in [0.05, 0.1) is 11.3 Å². The number of phenolic OH excluding ortho intramolecular Hbond substituents is 1. The second-order valence-corrected chi connectivity index (χ2v) is 11.8. The van der Waals surface area contributed by atoms with Gasteiger partial charge in [-0.15, -0.1) is 0 Å². The first-order valence-electron chi connectivity index (χ1n) is 15.6.